The van der Waals surface area contributed by atoms with Crippen LogP contribution >= 0.6 is 11.6 Å². The second-order valence-corrected chi connectivity index (χ2v) is 20.9. The molecule has 2 atom stereocenters. The fraction of sp³-hybridized carbons (Fsp3) is 0.500. The topological polar surface area (TPSA) is 234 Å². The maximum Gasteiger partial charge on any atom is 0.303 e. The van der Waals surface area contributed by atoms with Gasteiger partial charge in [-0.2, -0.15) is 4.58 Å². The van der Waals surface area contributed by atoms with Crippen LogP contribution in [0.4, 0.5) is 11.4 Å². The van der Waals surface area contributed by atoms with E-state index in [0.717, 1.165) is 29.0 Å². The molecule has 0 saturated heterocycles. The number of ether oxygens (including phenoxy) is 2. The van der Waals surface area contributed by atoms with Crippen molar-refractivity contribution in [1.29, 1.82) is 0 Å². The van der Waals surface area contributed by atoms with Gasteiger partial charge in [0.25, 0.3) is 0 Å². The highest BCUT2D eigenvalue weighted by molar-refractivity contribution is 7.86. The molecule has 0 spiro atoms. The number of benzene rings is 2. The number of anilines is 1. The average molecular weight is 954 g/mol. The molecule has 3 aliphatic rings. The fourth-order valence-corrected chi connectivity index (χ4v) is 10.6. The maximum atomic E-state index is 12.2. The first-order valence-electron chi connectivity index (χ1n) is 20.3. The van der Waals surface area contributed by atoms with Crippen LogP contribution in [0.3, 0.4) is 0 Å². The Morgan fingerprint density at radius 2 is 1.49 bits per heavy atom. The van der Waals surface area contributed by atoms with Gasteiger partial charge in [-0.25, -0.2) is 25.3 Å². The molecule has 2 heterocycles. The van der Waals surface area contributed by atoms with Crippen molar-refractivity contribution < 1.29 is 62.9 Å². The number of carbonyl (C=O) groups is 1. The van der Waals surface area contributed by atoms with Gasteiger partial charge in [0.2, 0.25) is 5.69 Å². The molecule has 0 aromatic heterocycles. The second kappa shape index (κ2) is 21.1. The molecule has 2 unspecified atom stereocenters. The summed E-state index contributed by atoms with van der Waals surface area (Å²) in [6, 6.07) is 8.45. The number of rotatable bonds is 21. The molecule has 63 heavy (non-hydrogen) atoms. The van der Waals surface area contributed by atoms with Gasteiger partial charge in [-0.15, -0.1) is 0 Å². The minimum atomic E-state index is -4.84. The number of fused-ring (bicyclic) bond motifs is 2. The summed E-state index contributed by atoms with van der Waals surface area (Å²) in [7, 11) is -11.1. The molecule has 0 radical (unpaired) electrons. The molecule has 0 saturated carbocycles. The molecule has 2 aliphatic heterocycles. The summed E-state index contributed by atoms with van der Waals surface area (Å²) < 4.78 is 121. The highest BCUT2D eigenvalue weighted by atomic mass is 35.5. The Kier molecular flexibility index (Phi) is 17.4. The van der Waals surface area contributed by atoms with Gasteiger partial charge in [0.15, 0.2) is 12.3 Å². The highest BCUT2D eigenvalue weighted by Gasteiger charge is 2.48. The Balaban J connectivity index is 0.00000871. The van der Waals surface area contributed by atoms with E-state index in [-0.39, 0.29) is 38.2 Å². The standard InChI is InChI=1S/C43H55ClN2O13S3.CH4/c1-42(21-9-27-60(49,50)51)34-28-32(61(52,53)54)16-18-37(34)46(24-26-59-4)38(42)19-13-30-10-8-11-31(41(30)44)14-20-39-43(2,22-25-58-3)35-29-33(62(55,56)57)15-17-36(35)45(39)23-7-5-6-12-40(47)48;/h13-20,28-29H,5-12,21-27H2,1-4H3,(H3-,47,48,49,50,51,52,53,54,55,56,57);1H4/p-2. The van der Waals surface area contributed by atoms with Gasteiger partial charge in [0.1, 0.15) is 26.8 Å². The van der Waals surface area contributed by atoms with Gasteiger partial charge in [0.05, 0.1) is 25.3 Å². The van der Waals surface area contributed by atoms with E-state index in [1.165, 1.54) is 31.4 Å². The van der Waals surface area contributed by atoms with E-state index in [1.54, 1.807) is 19.2 Å². The van der Waals surface area contributed by atoms with Crippen molar-refractivity contribution in [3.05, 3.63) is 93.7 Å². The van der Waals surface area contributed by atoms with Crippen LogP contribution in [0.5, 0.6) is 0 Å². The molecule has 2 aromatic rings. The predicted octanol–water partition coefficient (Wildman–Crippen LogP) is 6.96. The third-order valence-corrected chi connectivity index (χ3v) is 14.9. The summed E-state index contributed by atoms with van der Waals surface area (Å²) in [6.07, 6.45) is 12.0. The van der Waals surface area contributed by atoms with Crippen molar-refractivity contribution in [2.24, 2.45) is 0 Å². The third kappa shape index (κ3) is 12.1. The third-order valence-electron chi connectivity index (χ3n) is 12.0. The Morgan fingerprint density at radius 3 is 2.11 bits per heavy atom. The molecule has 1 aliphatic carbocycles. The van der Waals surface area contributed by atoms with E-state index in [4.69, 9.17) is 26.2 Å². The Morgan fingerprint density at radius 1 is 0.841 bits per heavy atom. The first-order valence-corrected chi connectivity index (χ1v) is 25.1. The summed E-state index contributed by atoms with van der Waals surface area (Å²) in [5, 5.41) is 9.66. The number of hydrogen-bond donors (Lipinski definition) is 1. The predicted molar refractivity (Wildman–Crippen MR) is 238 cm³/mol. The monoisotopic (exact) mass is 952 g/mol. The van der Waals surface area contributed by atoms with Gasteiger partial charge in [0, 0.05) is 79.1 Å². The zero-order valence-corrected chi connectivity index (χ0v) is 38.4. The molecule has 19 heteroatoms. The number of hydrogen-bond acceptors (Lipinski definition) is 13. The number of allylic oxidation sites excluding steroid dienone is 8. The summed E-state index contributed by atoms with van der Waals surface area (Å²) in [5.41, 5.74) is 3.77. The number of nitrogens with zero attached hydrogens (tertiary/aromatic N) is 2. The Hall–Kier alpha value is -3.72. The molecule has 0 fully saturated rings. The summed E-state index contributed by atoms with van der Waals surface area (Å²) in [5.74, 6) is -1.51. The molecular weight excluding hydrogens is 896 g/mol. The van der Waals surface area contributed by atoms with Gasteiger partial charge in [-0.1, -0.05) is 37.6 Å². The number of carboxylic acids is 1. The fourth-order valence-electron chi connectivity index (χ4n) is 8.76. The van der Waals surface area contributed by atoms with E-state index >= 15 is 0 Å². The van der Waals surface area contributed by atoms with Crippen molar-refractivity contribution in [1.82, 2.24) is 0 Å². The Bertz CT molecular complexity index is 2550. The molecule has 348 valence electrons. The van der Waals surface area contributed by atoms with Crippen LogP contribution in [0.1, 0.15) is 96.6 Å². The lowest BCUT2D eigenvalue weighted by Crippen LogP contribution is -2.32. The van der Waals surface area contributed by atoms with E-state index in [1.807, 2.05) is 42.7 Å². The normalized spacial score (nSPS) is 21.7. The maximum absolute atomic E-state index is 12.2. The van der Waals surface area contributed by atoms with Crippen LogP contribution < -0.4 is 4.90 Å². The zero-order chi connectivity index (χ0) is 45.7. The molecule has 15 nitrogen and oxygen atoms in total. The minimum Gasteiger partial charge on any atom is -0.748 e. The zero-order valence-electron chi connectivity index (χ0n) is 35.2. The van der Waals surface area contributed by atoms with Crippen molar-refractivity contribution in [3.8, 4) is 0 Å². The lowest BCUT2D eigenvalue weighted by Gasteiger charge is -2.30. The molecular formula is C44H57ClN2O13S3-2. The number of unbranched alkanes of at least 4 members (excludes halogenated alkanes) is 2. The smallest absolute Gasteiger partial charge is 0.303 e. The largest absolute Gasteiger partial charge is 0.748 e. The van der Waals surface area contributed by atoms with Crippen molar-refractivity contribution in [2.45, 2.75) is 106 Å². The van der Waals surface area contributed by atoms with Crippen molar-refractivity contribution in [2.75, 3.05) is 51.2 Å². The van der Waals surface area contributed by atoms with Crippen LogP contribution in [0.15, 0.2) is 92.4 Å². The number of halogens is 1. The van der Waals surface area contributed by atoms with E-state index in [0.29, 0.717) is 85.8 Å². The van der Waals surface area contributed by atoms with E-state index in [9.17, 15) is 43.7 Å². The summed E-state index contributed by atoms with van der Waals surface area (Å²) in [6.45, 7) is 5.21. The number of aliphatic carboxylic acids is 1. The van der Waals surface area contributed by atoms with Crippen LogP contribution in [0.25, 0.3) is 0 Å². The average Bonchev–Trinajstić information content (AvgIpc) is 3.56. The SMILES string of the molecule is C.COCC[N+]1=C(C=CC2=C(Cl)C(=CC=C3N(CCCCCC(=O)O)c4ccc(S(=O)(=O)[O-])cc4C3(C)CCOC)CCC2)C(C)(CCCS(=O)(=O)[O-])c2cc(S(=O)(=O)[O-])ccc21. The molecule has 5 rings (SSSR count). The summed E-state index contributed by atoms with van der Waals surface area (Å²) >= 11 is 7.20. The first-order chi connectivity index (χ1) is 29.0. The van der Waals surface area contributed by atoms with Crippen molar-refractivity contribution >= 4 is 65.0 Å². The number of methoxy groups -OCH3 is 2. The van der Waals surface area contributed by atoms with E-state index < -0.39 is 57.8 Å². The van der Waals surface area contributed by atoms with Crippen LogP contribution in [-0.4, -0.2) is 107 Å². The minimum absolute atomic E-state index is 0. The lowest BCUT2D eigenvalue weighted by molar-refractivity contribution is -0.441. The van der Waals surface area contributed by atoms with Gasteiger partial charge >= 0.3 is 5.97 Å². The van der Waals surface area contributed by atoms with Crippen molar-refractivity contribution in [3.63, 3.8) is 0 Å². The molecule has 0 amide bonds. The van der Waals surface area contributed by atoms with Crippen LogP contribution in [0, 0.1) is 0 Å². The van der Waals surface area contributed by atoms with Gasteiger partial charge < -0.3 is 33.1 Å². The highest BCUT2D eigenvalue weighted by Crippen LogP contribution is 2.51. The van der Waals surface area contributed by atoms with Gasteiger partial charge in [-0.05, 0) is 118 Å². The molecule has 2 aromatic carbocycles. The second-order valence-electron chi connectivity index (χ2n) is 16.2. The first kappa shape index (κ1) is 51.9. The van der Waals surface area contributed by atoms with Crippen LogP contribution in [0.2, 0.25) is 0 Å². The number of carboxylic acid groups (broad SMARTS) is 1. The molecule has 0 bridgehead atoms. The van der Waals surface area contributed by atoms with Gasteiger partial charge in [-0.3, -0.25) is 4.79 Å². The Labute approximate surface area is 377 Å². The summed E-state index contributed by atoms with van der Waals surface area (Å²) in [4.78, 5) is 12.5. The quantitative estimate of drug-likeness (QED) is 0.0757. The van der Waals surface area contributed by atoms with Crippen LogP contribution in [-0.2, 0) is 55.5 Å². The lowest BCUT2D eigenvalue weighted by atomic mass is 9.75. The van der Waals surface area contributed by atoms with E-state index in [2.05, 4.69) is 4.90 Å². The molecule has 1 N–H and O–H groups in total.